The van der Waals surface area contributed by atoms with E-state index >= 15 is 0 Å². The van der Waals surface area contributed by atoms with E-state index in [9.17, 15) is 4.79 Å². The fraction of sp³-hybridized carbons (Fsp3) is 0.138. The molecule has 0 aliphatic heterocycles. The zero-order chi connectivity index (χ0) is 23.2. The number of aryl methyl sites for hydroxylation is 1. The topological polar surface area (TPSA) is 20.3 Å². The van der Waals surface area contributed by atoms with E-state index in [4.69, 9.17) is 11.6 Å². The zero-order valence-corrected chi connectivity index (χ0v) is 20.4. The predicted molar refractivity (Wildman–Crippen MR) is 140 cm³/mol. The number of rotatable bonds is 7. The zero-order valence-electron chi connectivity index (χ0n) is 18.8. The van der Waals surface area contributed by atoms with Crippen LogP contribution in [-0.2, 0) is 13.1 Å². The predicted octanol–water partition coefficient (Wildman–Crippen LogP) is 7.88. The lowest BCUT2D eigenvalue weighted by atomic mass is 10.0. The van der Waals surface area contributed by atoms with Gasteiger partial charge in [-0.05, 0) is 53.6 Å². The summed E-state index contributed by atoms with van der Waals surface area (Å²) in [5.41, 5.74) is 6.28. The molecule has 0 aromatic heterocycles. The lowest BCUT2D eigenvalue weighted by Crippen LogP contribution is -2.30. The molecule has 0 radical (unpaired) electrons. The highest BCUT2D eigenvalue weighted by molar-refractivity contribution is 7.98. The number of carbonyl (C=O) groups excluding carboxylic acids is 1. The molecule has 0 bridgehead atoms. The standard InChI is InChI=1S/C29H26ClNOS/c1-21-11-13-22(14-12-21)19-31(29(32)26-8-3-5-9-27(26)30)20-23-15-17-24(18-16-23)25-7-4-6-10-28(25)33-2/h3-18H,19-20H2,1-2H3. The minimum absolute atomic E-state index is 0.0713. The van der Waals surface area contributed by atoms with Crippen molar-refractivity contribution in [3.05, 3.63) is 124 Å². The average Bonchev–Trinajstić information content (AvgIpc) is 2.85. The van der Waals surface area contributed by atoms with Crippen LogP contribution in [0, 0.1) is 6.92 Å². The van der Waals surface area contributed by atoms with Crippen molar-refractivity contribution in [1.29, 1.82) is 0 Å². The van der Waals surface area contributed by atoms with E-state index in [0.29, 0.717) is 23.7 Å². The highest BCUT2D eigenvalue weighted by atomic mass is 35.5. The average molecular weight is 472 g/mol. The summed E-state index contributed by atoms with van der Waals surface area (Å²) in [5.74, 6) is -0.0713. The Kier molecular flexibility index (Phi) is 7.54. The summed E-state index contributed by atoms with van der Waals surface area (Å²) in [6.45, 7) is 3.08. The quantitative estimate of drug-likeness (QED) is 0.255. The number of hydrogen-bond acceptors (Lipinski definition) is 2. The Morgan fingerprint density at radius 1 is 0.788 bits per heavy atom. The third-order valence-electron chi connectivity index (χ3n) is 5.63. The van der Waals surface area contributed by atoms with E-state index in [0.717, 1.165) is 11.1 Å². The molecule has 0 saturated heterocycles. The molecule has 33 heavy (non-hydrogen) atoms. The van der Waals surface area contributed by atoms with Gasteiger partial charge < -0.3 is 4.90 Å². The molecule has 0 heterocycles. The molecular weight excluding hydrogens is 446 g/mol. The van der Waals surface area contributed by atoms with E-state index < -0.39 is 0 Å². The van der Waals surface area contributed by atoms with Gasteiger partial charge in [-0.15, -0.1) is 11.8 Å². The summed E-state index contributed by atoms with van der Waals surface area (Å²) in [5, 5.41) is 0.473. The van der Waals surface area contributed by atoms with Crippen molar-refractivity contribution >= 4 is 29.3 Å². The second-order valence-corrected chi connectivity index (χ2v) is 9.28. The van der Waals surface area contributed by atoms with Gasteiger partial charge in [0.05, 0.1) is 10.6 Å². The van der Waals surface area contributed by atoms with Crippen LogP contribution in [0.5, 0.6) is 0 Å². The van der Waals surface area contributed by atoms with Crippen LogP contribution in [0.4, 0.5) is 0 Å². The smallest absolute Gasteiger partial charge is 0.255 e. The molecule has 4 aromatic rings. The number of amides is 1. The van der Waals surface area contributed by atoms with Crippen LogP contribution in [0.3, 0.4) is 0 Å². The van der Waals surface area contributed by atoms with Gasteiger partial charge in [0.1, 0.15) is 0 Å². The van der Waals surface area contributed by atoms with E-state index in [1.807, 2.05) is 17.0 Å². The Morgan fingerprint density at radius 3 is 2.00 bits per heavy atom. The van der Waals surface area contributed by atoms with Crippen LogP contribution in [-0.4, -0.2) is 17.1 Å². The Bertz CT molecular complexity index is 1240. The molecule has 4 aromatic carbocycles. The number of carbonyl (C=O) groups is 1. The summed E-state index contributed by atoms with van der Waals surface area (Å²) in [7, 11) is 0. The normalized spacial score (nSPS) is 10.8. The van der Waals surface area contributed by atoms with E-state index in [1.165, 1.54) is 21.6 Å². The summed E-state index contributed by atoms with van der Waals surface area (Å²) < 4.78 is 0. The molecule has 1 amide bonds. The Morgan fingerprint density at radius 2 is 1.36 bits per heavy atom. The number of thioether (sulfide) groups is 1. The van der Waals surface area contributed by atoms with Gasteiger partial charge >= 0.3 is 0 Å². The van der Waals surface area contributed by atoms with Crippen molar-refractivity contribution in [2.24, 2.45) is 0 Å². The molecule has 0 fully saturated rings. The molecule has 0 atom stereocenters. The first-order valence-corrected chi connectivity index (χ1v) is 12.5. The fourth-order valence-corrected chi connectivity index (χ4v) is 4.65. The van der Waals surface area contributed by atoms with Crippen molar-refractivity contribution in [2.45, 2.75) is 24.9 Å². The van der Waals surface area contributed by atoms with Crippen molar-refractivity contribution in [3.8, 4) is 11.1 Å². The SMILES string of the molecule is CSc1ccccc1-c1ccc(CN(Cc2ccc(C)cc2)C(=O)c2ccccc2Cl)cc1. The molecule has 0 aliphatic carbocycles. The number of benzene rings is 4. The molecule has 4 heteroatoms. The van der Waals surface area contributed by atoms with Crippen LogP contribution in [0.15, 0.2) is 102 Å². The molecule has 2 nitrogen and oxygen atoms in total. The van der Waals surface area contributed by atoms with Crippen molar-refractivity contribution < 1.29 is 4.79 Å². The molecular formula is C29H26ClNOS. The van der Waals surface area contributed by atoms with Gasteiger partial charge in [0.25, 0.3) is 5.91 Å². The van der Waals surface area contributed by atoms with E-state index in [1.54, 1.807) is 23.9 Å². The lowest BCUT2D eigenvalue weighted by molar-refractivity contribution is 0.0730. The van der Waals surface area contributed by atoms with E-state index in [2.05, 4.69) is 86.0 Å². The Hall–Kier alpha value is -3.01. The third kappa shape index (κ3) is 5.68. The second kappa shape index (κ2) is 10.7. The minimum Gasteiger partial charge on any atom is -0.330 e. The van der Waals surface area contributed by atoms with E-state index in [-0.39, 0.29) is 5.91 Å². The fourth-order valence-electron chi connectivity index (χ4n) is 3.81. The van der Waals surface area contributed by atoms with Crippen LogP contribution in [0.25, 0.3) is 11.1 Å². The minimum atomic E-state index is -0.0713. The van der Waals surface area contributed by atoms with Gasteiger partial charge in [0, 0.05) is 18.0 Å². The largest absolute Gasteiger partial charge is 0.330 e. The van der Waals surface area contributed by atoms with Crippen LogP contribution >= 0.6 is 23.4 Å². The Balaban J connectivity index is 1.61. The van der Waals surface area contributed by atoms with Gasteiger partial charge in [-0.1, -0.05) is 96.0 Å². The first-order chi connectivity index (χ1) is 16.0. The summed E-state index contributed by atoms with van der Waals surface area (Å²) in [4.78, 5) is 16.6. The summed E-state index contributed by atoms with van der Waals surface area (Å²) in [6, 6.07) is 32.4. The highest BCUT2D eigenvalue weighted by Gasteiger charge is 2.19. The highest BCUT2D eigenvalue weighted by Crippen LogP contribution is 2.30. The maximum Gasteiger partial charge on any atom is 0.255 e. The third-order valence-corrected chi connectivity index (χ3v) is 6.76. The summed E-state index contributed by atoms with van der Waals surface area (Å²) in [6.07, 6.45) is 2.09. The van der Waals surface area contributed by atoms with Gasteiger partial charge in [-0.2, -0.15) is 0 Å². The summed E-state index contributed by atoms with van der Waals surface area (Å²) >= 11 is 8.10. The van der Waals surface area contributed by atoms with Crippen molar-refractivity contribution in [1.82, 2.24) is 4.90 Å². The molecule has 0 unspecified atom stereocenters. The van der Waals surface area contributed by atoms with Crippen LogP contribution < -0.4 is 0 Å². The number of hydrogen-bond donors (Lipinski definition) is 0. The van der Waals surface area contributed by atoms with Crippen molar-refractivity contribution in [3.63, 3.8) is 0 Å². The molecule has 0 N–H and O–H groups in total. The Labute approximate surface area is 205 Å². The molecule has 166 valence electrons. The first kappa shape index (κ1) is 23.2. The van der Waals surface area contributed by atoms with Gasteiger partial charge in [0.2, 0.25) is 0 Å². The molecule has 0 saturated carbocycles. The maximum absolute atomic E-state index is 13.5. The molecule has 0 spiro atoms. The lowest BCUT2D eigenvalue weighted by Gasteiger charge is -2.24. The second-order valence-electron chi connectivity index (χ2n) is 8.02. The van der Waals surface area contributed by atoms with Gasteiger partial charge in [-0.25, -0.2) is 0 Å². The first-order valence-electron chi connectivity index (χ1n) is 10.9. The number of nitrogens with zero attached hydrogens (tertiary/aromatic N) is 1. The number of halogens is 1. The molecule has 0 aliphatic rings. The van der Waals surface area contributed by atoms with Gasteiger partial charge in [-0.3, -0.25) is 4.79 Å². The maximum atomic E-state index is 13.5. The molecule has 4 rings (SSSR count). The van der Waals surface area contributed by atoms with Crippen LogP contribution in [0.2, 0.25) is 5.02 Å². The monoisotopic (exact) mass is 471 g/mol. The van der Waals surface area contributed by atoms with Crippen LogP contribution in [0.1, 0.15) is 27.0 Å². The van der Waals surface area contributed by atoms with Crippen molar-refractivity contribution in [2.75, 3.05) is 6.26 Å². The van der Waals surface area contributed by atoms with Gasteiger partial charge in [0.15, 0.2) is 0 Å².